The van der Waals surface area contributed by atoms with E-state index in [0.29, 0.717) is 0 Å². The van der Waals surface area contributed by atoms with E-state index in [1.54, 1.807) is 13.1 Å². The van der Waals surface area contributed by atoms with Crippen LogP contribution in [0.3, 0.4) is 0 Å². The van der Waals surface area contributed by atoms with Gasteiger partial charge in [-0.2, -0.15) is 0 Å². The Morgan fingerprint density at radius 3 is 3.05 bits per heavy atom. The minimum atomic E-state index is -0.530. The van der Waals surface area contributed by atoms with E-state index in [0.717, 1.165) is 34.5 Å². The molecular formula is C14H18N4OS. The van der Waals surface area contributed by atoms with Crippen LogP contribution in [0.4, 0.5) is 0 Å². The van der Waals surface area contributed by atoms with E-state index in [2.05, 4.69) is 19.7 Å². The van der Waals surface area contributed by atoms with Crippen molar-refractivity contribution in [1.29, 1.82) is 0 Å². The van der Waals surface area contributed by atoms with Gasteiger partial charge in [0.15, 0.2) is 5.16 Å². The zero-order valence-electron chi connectivity index (χ0n) is 11.5. The number of aromatic nitrogens is 4. The summed E-state index contributed by atoms with van der Waals surface area (Å²) in [6, 6.07) is 3.75. The highest BCUT2D eigenvalue weighted by Crippen LogP contribution is 2.31. The molecule has 0 fully saturated rings. The molecule has 3 heterocycles. The van der Waals surface area contributed by atoms with Crippen molar-refractivity contribution in [3.63, 3.8) is 0 Å². The van der Waals surface area contributed by atoms with Gasteiger partial charge in [0.05, 0.1) is 6.10 Å². The molecule has 1 N–H and O–H groups in total. The van der Waals surface area contributed by atoms with Gasteiger partial charge < -0.3 is 9.67 Å². The number of hydrogen-bond acceptors (Lipinski definition) is 5. The summed E-state index contributed by atoms with van der Waals surface area (Å²) in [6.45, 7) is 2.73. The lowest BCUT2D eigenvalue weighted by molar-refractivity contribution is 0.195. The van der Waals surface area contributed by atoms with Gasteiger partial charge in [-0.25, -0.2) is 4.98 Å². The first-order valence-corrected chi connectivity index (χ1v) is 7.80. The number of fused-ring (bicyclic) bond motifs is 1. The molecule has 6 heteroatoms. The minimum Gasteiger partial charge on any atom is -0.389 e. The maximum Gasteiger partial charge on any atom is 0.197 e. The molecule has 5 nitrogen and oxygen atoms in total. The van der Waals surface area contributed by atoms with Gasteiger partial charge in [-0.3, -0.25) is 0 Å². The van der Waals surface area contributed by atoms with Crippen LogP contribution in [0.2, 0.25) is 0 Å². The highest BCUT2D eigenvalue weighted by molar-refractivity contribution is 7.99. The Hall–Kier alpha value is -1.40. The van der Waals surface area contributed by atoms with Crippen LogP contribution in [0.15, 0.2) is 28.5 Å². The zero-order valence-corrected chi connectivity index (χ0v) is 12.3. The molecule has 106 valence electrons. The second kappa shape index (κ2) is 5.93. The molecule has 20 heavy (non-hydrogen) atoms. The van der Waals surface area contributed by atoms with E-state index in [-0.39, 0.29) is 0 Å². The molecule has 1 aliphatic rings. The fraction of sp³-hybridized carbons (Fsp3) is 0.500. The lowest BCUT2D eigenvalue weighted by Gasteiger charge is -2.10. The van der Waals surface area contributed by atoms with Crippen LogP contribution in [-0.4, -0.2) is 24.9 Å². The van der Waals surface area contributed by atoms with Crippen molar-refractivity contribution in [2.75, 3.05) is 0 Å². The largest absolute Gasteiger partial charge is 0.389 e. The van der Waals surface area contributed by atoms with Crippen LogP contribution in [0.5, 0.6) is 0 Å². The van der Waals surface area contributed by atoms with Crippen molar-refractivity contribution >= 4 is 11.8 Å². The van der Waals surface area contributed by atoms with Crippen molar-refractivity contribution in [1.82, 2.24) is 19.7 Å². The molecule has 0 spiro atoms. The van der Waals surface area contributed by atoms with Crippen LogP contribution >= 0.6 is 11.8 Å². The second-order valence-electron chi connectivity index (χ2n) is 5.04. The highest BCUT2D eigenvalue weighted by atomic mass is 32.2. The van der Waals surface area contributed by atoms with E-state index < -0.39 is 6.10 Å². The lowest BCUT2D eigenvalue weighted by atomic mass is 10.2. The smallest absolute Gasteiger partial charge is 0.197 e. The second-order valence-corrected chi connectivity index (χ2v) is 5.99. The number of rotatable bonds is 3. The Kier molecular flexibility index (Phi) is 4.03. The predicted octanol–water partition coefficient (Wildman–Crippen LogP) is 2.60. The maximum absolute atomic E-state index is 9.82. The SMILES string of the molecule is CC(O)c1cccnc1Sc1nnc2n1CCCCC2. The van der Waals surface area contributed by atoms with Crippen LogP contribution < -0.4 is 0 Å². The number of aliphatic hydroxyl groups excluding tert-OH is 1. The van der Waals surface area contributed by atoms with Gasteiger partial charge in [-0.1, -0.05) is 12.5 Å². The number of aryl methyl sites for hydroxylation is 1. The summed E-state index contributed by atoms with van der Waals surface area (Å²) in [5.74, 6) is 1.07. The minimum absolute atomic E-state index is 0.530. The van der Waals surface area contributed by atoms with Crippen molar-refractivity contribution < 1.29 is 5.11 Å². The Morgan fingerprint density at radius 2 is 2.20 bits per heavy atom. The van der Waals surface area contributed by atoms with Gasteiger partial charge in [0.1, 0.15) is 10.9 Å². The molecule has 1 unspecified atom stereocenters. The molecule has 0 amide bonds. The molecule has 2 aromatic rings. The average Bonchev–Trinajstić information content (AvgIpc) is 2.68. The van der Waals surface area contributed by atoms with Gasteiger partial charge in [0.25, 0.3) is 0 Å². The number of pyridine rings is 1. The summed E-state index contributed by atoms with van der Waals surface area (Å²) in [4.78, 5) is 4.37. The van der Waals surface area contributed by atoms with Crippen molar-refractivity contribution in [3.05, 3.63) is 29.7 Å². The molecular weight excluding hydrogens is 272 g/mol. The van der Waals surface area contributed by atoms with Gasteiger partial charge in [-0.15, -0.1) is 10.2 Å². The monoisotopic (exact) mass is 290 g/mol. The molecule has 0 bridgehead atoms. The molecule has 0 aliphatic carbocycles. The summed E-state index contributed by atoms with van der Waals surface area (Å²) in [7, 11) is 0. The Balaban J connectivity index is 1.90. The van der Waals surface area contributed by atoms with Gasteiger partial charge in [0, 0.05) is 24.7 Å². The van der Waals surface area contributed by atoms with Crippen LogP contribution in [0, 0.1) is 0 Å². The standard InChI is InChI=1S/C14H18N4OS/c1-10(19)11-6-5-8-15-13(11)20-14-17-16-12-7-3-2-4-9-18(12)14/h5-6,8,10,19H,2-4,7,9H2,1H3. The normalized spacial score (nSPS) is 16.5. The zero-order chi connectivity index (χ0) is 13.9. The Morgan fingerprint density at radius 1 is 1.30 bits per heavy atom. The van der Waals surface area contributed by atoms with Crippen molar-refractivity contribution in [3.8, 4) is 0 Å². The van der Waals surface area contributed by atoms with Crippen molar-refractivity contribution in [2.24, 2.45) is 0 Å². The fourth-order valence-corrected chi connectivity index (χ4v) is 3.46. The van der Waals surface area contributed by atoms with E-state index in [9.17, 15) is 5.11 Å². The summed E-state index contributed by atoms with van der Waals surface area (Å²) < 4.78 is 2.19. The molecule has 0 saturated carbocycles. The first-order chi connectivity index (χ1) is 9.75. The highest BCUT2D eigenvalue weighted by Gasteiger charge is 2.18. The van der Waals surface area contributed by atoms with Crippen LogP contribution in [0.1, 0.15) is 43.7 Å². The first-order valence-electron chi connectivity index (χ1n) is 6.98. The van der Waals surface area contributed by atoms with Crippen LogP contribution in [-0.2, 0) is 13.0 Å². The molecule has 0 saturated heterocycles. The Bertz CT molecular complexity index is 597. The summed E-state index contributed by atoms with van der Waals surface area (Å²) in [6.07, 6.45) is 5.82. The third kappa shape index (κ3) is 2.71. The first kappa shape index (κ1) is 13.6. The summed E-state index contributed by atoms with van der Waals surface area (Å²) in [5.41, 5.74) is 0.837. The third-order valence-electron chi connectivity index (χ3n) is 3.51. The van der Waals surface area contributed by atoms with Gasteiger partial charge in [0.2, 0.25) is 0 Å². The van der Waals surface area contributed by atoms with Crippen molar-refractivity contribution in [2.45, 2.75) is 55.4 Å². The predicted molar refractivity (Wildman–Crippen MR) is 76.6 cm³/mol. The molecule has 1 aliphatic heterocycles. The summed E-state index contributed by atoms with van der Waals surface area (Å²) in [5, 5.41) is 20.1. The van der Waals surface area contributed by atoms with Crippen LogP contribution in [0.25, 0.3) is 0 Å². The van der Waals surface area contributed by atoms with E-state index in [4.69, 9.17) is 0 Å². The van der Waals surface area contributed by atoms with Gasteiger partial charge >= 0.3 is 0 Å². The summed E-state index contributed by atoms with van der Waals surface area (Å²) >= 11 is 1.49. The lowest BCUT2D eigenvalue weighted by Crippen LogP contribution is -2.03. The molecule has 0 aromatic carbocycles. The fourth-order valence-electron chi connectivity index (χ4n) is 2.43. The molecule has 1 atom stereocenters. The molecule has 3 rings (SSSR count). The average molecular weight is 290 g/mol. The van der Waals surface area contributed by atoms with E-state index in [1.165, 1.54) is 31.0 Å². The third-order valence-corrected chi connectivity index (χ3v) is 4.53. The topological polar surface area (TPSA) is 63.8 Å². The number of nitrogens with zero attached hydrogens (tertiary/aromatic N) is 4. The molecule has 2 aromatic heterocycles. The maximum atomic E-state index is 9.82. The van der Waals surface area contributed by atoms with E-state index >= 15 is 0 Å². The molecule has 0 radical (unpaired) electrons. The number of aliphatic hydroxyl groups is 1. The number of hydrogen-bond donors (Lipinski definition) is 1. The Labute approximate surface area is 122 Å². The van der Waals surface area contributed by atoms with Gasteiger partial charge in [-0.05, 0) is 37.6 Å². The van der Waals surface area contributed by atoms with E-state index in [1.807, 2.05) is 12.1 Å². The quantitative estimate of drug-likeness (QED) is 0.941.